The fourth-order valence-corrected chi connectivity index (χ4v) is 3.58. The molecule has 0 aromatic carbocycles. The third-order valence-electron chi connectivity index (χ3n) is 5.29. The lowest BCUT2D eigenvalue weighted by Crippen LogP contribution is -2.49. The van der Waals surface area contributed by atoms with Gasteiger partial charge in [-0.1, -0.05) is 0 Å². The van der Waals surface area contributed by atoms with Crippen molar-refractivity contribution in [2.75, 3.05) is 53.1 Å². The highest BCUT2D eigenvalue weighted by Gasteiger charge is 2.31. The molecule has 2 N–H and O–H groups in total. The minimum atomic E-state index is 0.560. The van der Waals surface area contributed by atoms with Crippen molar-refractivity contribution in [1.29, 1.82) is 0 Å². The van der Waals surface area contributed by atoms with Gasteiger partial charge in [-0.2, -0.15) is 0 Å². The van der Waals surface area contributed by atoms with Crippen LogP contribution in [0.15, 0.2) is 4.99 Å². The molecule has 3 rings (SSSR count). The largest absolute Gasteiger partial charge is 0.381 e. The van der Waals surface area contributed by atoms with Gasteiger partial charge in [-0.25, -0.2) is 0 Å². The van der Waals surface area contributed by atoms with Crippen LogP contribution in [-0.4, -0.2) is 76.1 Å². The Hall–Kier alpha value is -0.850. The van der Waals surface area contributed by atoms with Gasteiger partial charge < -0.3 is 25.0 Å². The molecule has 1 aliphatic carbocycles. The highest BCUT2D eigenvalue weighted by molar-refractivity contribution is 5.79. The average molecular weight is 338 g/mol. The van der Waals surface area contributed by atoms with Crippen LogP contribution in [0.3, 0.4) is 0 Å². The molecular formula is C18H34N4O2. The number of hydrogen-bond acceptors (Lipinski definition) is 4. The van der Waals surface area contributed by atoms with Crippen LogP contribution in [0.2, 0.25) is 0 Å². The van der Waals surface area contributed by atoms with E-state index in [0.717, 1.165) is 57.8 Å². The molecule has 3 aliphatic rings. The van der Waals surface area contributed by atoms with Crippen LogP contribution >= 0.6 is 0 Å². The maximum absolute atomic E-state index is 5.74. The first-order valence-electron chi connectivity index (χ1n) is 9.72. The Balaban J connectivity index is 1.21. The average Bonchev–Trinajstić information content (AvgIpc) is 3.34. The Labute approximate surface area is 146 Å². The van der Waals surface area contributed by atoms with E-state index in [2.05, 4.69) is 20.5 Å². The molecule has 0 bridgehead atoms. The van der Waals surface area contributed by atoms with E-state index in [1.165, 1.54) is 38.8 Å². The Kier molecular flexibility index (Phi) is 7.17. The molecule has 2 heterocycles. The Morgan fingerprint density at radius 1 is 1.21 bits per heavy atom. The second-order valence-electron chi connectivity index (χ2n) is 7.34. The van der Waals surface area contributed by atoms with Crippen molar-refractivity contribution in [1.82, 2.24) is 15.5 Å². The first-order chi connectivity index (χ1) is 11.8. The molecule has 0 radical (unpaired) electrons. The van der Waals surface area contributed by atoms with E-state index in [9.17, 15) is 0 Å². The summed E-state index contributed by atoms with van der Waals surface area (Å²) in [6.07, 6.45) is 7.44. The summed E-state index contributed by atoms with van der Waals surface area (Å²) >= 11 is 0. The highest BCUT2D eigenvalue weighted by Crippen LogP contribution is 2.29. The zero-order chi connectivity index (χ0) is 16.6. The molecule has 0 aromatic heterocycles. The lowest BCUT2D eigenvalue weighted by molar-refractivity contribution is 0.0888. The van der Waals surface area contributed by atoms with E-state index >= 15 is 0 Å². The zero-order valence-corrected chi connectivity index (χ0v) is 15.1. The summed E-state index contributed by atoms with van der Waals surface area (Å²) in [6, 6.07) is 1.46. The maximum atomic E-state index is 5.74. The molecule has 0 spiro atoms. The number of guanidine groups is 1. The van der Waals surface area contributed by atoms with Crippen LogP contribution < -0.4 is 10.6 Å². The molecule has 2 saturated heterocycles. The van der Waals surface area contributed by atoms with Gasteiger partial charge in [0.1, 0.15) is 0 Å². The molecule has 0 amide bonds. The number of hydrogen-bond donors (Lipinski definition) is 2. The van der Waals surface area contributed by atoms with Crippen LogP contribution in [0.1, 0.15) is 38.5 Å². The van der Waals surface area contributed by atoms with Gasteiger partial charge in [0.05, 0.1) is 13.2 Å². The summed E-state index contributed by atoms with van der Waals surface area (Å²) in [5.74, 6) is 1.54. The van der Waals surface area contributed by atoms with Gasteiger partial charge in [-0.3, -0.25) is 4.99 Å². The number of rotatable bonds is 8. The van der Waals surface area contributed by atoms with Gasteiger partial charge in [0.25, 0.3) is 0 Å². The van der Waals surface area contributed by atoms with E-state index in [4.69, 9.17) is 9.47 Å². The lowest BCUT2D eigenvalue weighted by Gasteiger charge is -2.33. The molecule has 138 valence electrons. The Bertz CT molecular complexity index is 386. The van der Waals surface area contributed by atoms with Crippen molar-refractivity contribution >= 4 is 5.96 Å². The van der Waals surface area contributed by atoms with E-state index in [0.29, 0.717) is 12.0 Å². The summed E-state index contributed by atoms with van der Waals surface area (Å²) in [4.78, 5) is 7.01. The van der Waals surface area contributed by atoms with Crippen LogP contribution in [-0.2, 0) is 9.47 Å². The van der Waals surface area contributed by atoms with Gasteiger partial charge in [-0.05, 0) is 38.5 Å². The molecule has 2 aliphatic heterocycles. The second-order valence-corrected chi connectivity index (χ2v) is 7.34. The molecule has 1 unspecified atom stereocenters. The SMILES string of the molecule is CN=C(NCCCOCC1CCOC1)NC1CCN(C2CC2)CC1. The standard InChI is InChI=1S/C18H34N4O2/c1-19-18(20-8-2-11-23-13-15-7-12-24-14-15)21-16-5-9-22(10-6-16)17-3-4-17/h15-17H,2-14H2,1H3,(H2,19,20,21). The minimum absolute atomic E-state index is 0.560. The molecule has 3 fully saturated rings. The molecular weight excluding hydrogens is 304 g/mol. The third-order valence-corrected chi connectivity index (χ3v) is 5.29. The van der Waals surface area contributed by atoms with Crippen molar-refractivity contribution in [3.63, 3.8) is 0 Å². The summed E-state index contributed by atoms with van der Waals surface area (Å²) < 4.78 is 11.1. The van der Waals surface area contributed by atoms with Crippen molar-refractivity contribution in [2.45, 2.75) is 50.6 Å². The van der Waals surface area contributed by atoms with Gasteiger partial charge in [-0.15, -0.1) is 0 Å². The van der Waals surface area contributed by atoms with E-state index in [-0.39, 0.29) is 0 Å². The lowest BCUT2D eigenvalue weighted by atomic mass is 10.1. The Morgan fingerprint density at radius 2 is 2.04 bits per heavy atom. The normalized spacial score (nSPS) is 26.7. The molecule has 1 saturated carbocycles. The topological polar surface area (TPSA) is 58.1 Å². The number of aliphatic imine (C=N–C) groups is 1. The maximum Gasteiger partial charge on any atom is 0.191 e. The summed E-state index contributed by atoms with van der Waals surface area (Å²) in [7, 11) is 1.85. The van der Waals surface area contributed by atoms with Gasteiger partial charge in [0, 0.05) is 57.9 Å². The zero-order valence-electron chi connectivity index (χ0n) is 15.1. The minimum Gasteiger partial charge on any atom is -0.381 e. The van der Waals surface area contributed by atoms with Gasteiger partial charge in [0.15, 0.2) is 5.96 Å². The first-order valence-corrected chi connectivity index (χ1v) is 9.72. The number of nitrogens with zero attached hydrogens (tertiary/aromatic N) is 2. The van der Waals surface area contributed by atoms with Crippen molar-refractivity contribution in [3.8, 4) is 0 Å². The number of ether oxygens (including phenoxy) is 2. The molecule has 6 heteroatoms. The second kappa shape index (κ2) is 9.59. The fraction of sp³-hybridized carbons (Fsp3) is 0.944. The van der Waals surface area contributed by atoms with Gasteiger partial charge in [0.2, 0.25) is 0 Å². The van der Waals surface area contributed by atoms with Crippen molar-refractivity contribution < 1.29 is 9.47 Å². The third kappa shape index (κ3) is 5.90. The predicted octanol–water partition coefficient (Wildman–Crippen LogP) is 1.22. The highest BCUT2D eigenvalue weighted by atomic mass is 16.5. The molecule has 1 atom stereocenters. The van der Waals surface area contributed by atoms with E-state index < -0.39 is 0 Å². The van der Waals surface area contributed by atoms with E-state index in [1.54, 1.807) is 0 Å². The van der Waals surface area contributed by atoms with Crippen molar-refractivity contribution in [2.24, 2.45) is 10.9 Å². The molecule has 6 nitrogen and oxygen atoms in total. The monoisotopic (exact) mass is 338 g/mol. The van der Waals surface area contributed by atoms with Crippen LogP contribution in [0.4, 0.5) is 0 Å². The van der Waals surface area contributed by atoms with E-state index in [1.807, 2.05) is 7.05 Å². The number of nitrogens with one attached hydrogen (secondary N) is 2. The predicted molar refractivity (Wildman–Crippen MR) is 96.5 cm³/mol. The quantitative estimate of drug-likeness (QED) is 0.396. The Morgan fingerprint density at radius 3 is 2.71 bits per heavy atom. The first kappa shape index (κ1) is 18.0. The fourth-order valence-electron chi connectivity index (χ4n) is 3.58. The number of likely N-dealkylation sites (tertiary alicyclic amines) is 1. The van der Waals surface area contributed by atoms with Gasteiger partial charge >= 0.3 is 0 Å². The molecule has 0 aromatic rings. The number of piperidine rings is 1. The van der Waals surface area contributed by atoms with Crippen LogP contribution in [0.5, 0.6) is 0 Å². The summed E-state index contributed by atoms with van der Waals surface area (Å²) in [6.45, 7) is 6.79. The van der Waals surface area contributed by atoms with Crippen LogP contribution in [0, 0.1) is 5.92 Å². The molecule has 24 heavy (non-hydrogen) atoms. The van der Waals surface area contributed by atoms with Crippen molar-refractivity contribution in [3.05, 3.63) is 0 Å². The smallest absolute Gasteiger partial charge is 0.191 e. The summed E-state index contributed by atoms with van der Waals surface area (Å²) in [5.41, 5.74) is 0. The van der Waals surface area contributed by atoms with Crippen LogP contribution in [0.25, 0.3) is 0 Å². The summed E-state index contributed by atoms with van der Waals surface area (Å²) in [5, 5.41) is 6.99.